The van der Waals surface area contributed by atoms with Crippen LogP contribution in [0.5, 0.6) is 0 Å². The molecule has 4 amide bonds. The largest absolute Gasteiger partial charge is 0.445 e. The van der Waals surface area contributed by atoms with Gasteiger partial charge in [0.15, 0.2) is 0 Å². The number of hydrogen-bond donors (Lipinski definition) is 4. The molecule has 0 radical (unpaired) electrons. The molecule has 0 aliphatic heterocycles. The molecule has 2 aromatic rings. The second-order valence-corrected chi connectivity index (χ2v) is 9.21. The summed E-state index contributed by atoms with van der Waals surface area (Å²) in [6.45, 7) is 4.54. The van der Waals surface area contributed by atoms with Crippen molar-refractivity contribution in [1.82, 2.24) is 21.3 Å². The first-order valence-electron chi connectivity index (χ1n) is 13.3. The van der Waals surface area contributed by atoms with Crippen LogP contribution in [0.15, 0.2) is 60.7 Å². The van der Waals surface area contributed by atoms with E-state index in [9.17, 15) is 19.2 Å². The number of ether oxygens (including phenoxy) is 2. The Hall–Kier alpha value is -4.08. The summed E-state index contributed by atoms with van der Waals surface area (Å²) in [5.41, 5.74) is 1.74. The first-order valence-corrected chi connectivity index (χ1v) is 13.3. The standard InChI is InChI=1S/C29H40N4O6/c1-22(32-28(36)38-20-24-14-8-6-9-15-24)26(34)30-18-12-4-3-5-13-19-31-27(35)23(2)33-29(37)39-21-25-16-10-7-11-17-25/h6-11,14-17,22-23H,3-5,12-13,18-21H2,1-2H3,(H,30,34)(H,31,35)(H,32,36)(H,33,37)/t22-,23-/m0/s1. The molecule has 10 nitrogen and oxygen atoms in total. The highest BCUT2D eigenvalue weighted by Crippen LogP contribution is 2.03. The molecule has 212 valence electrons. The van der Waals surface area contributed by atoms with Gasteiger partial charge in [-0.1, -0.05) is 79.9 Å². The fourth-order valence-electron chi connectivity index (χ4n) is 3.52. The molecule has 0 aromatic heterocycles. The van der Waals surface area contributed by atoms with E-state index in [0.717, 1.165) is 43.2 Å². The van der Waals surface area contributed by atoms with Crippen molar-refractivity contribution in [1.29, 1.82) is 0 Å². The lowest BCUT2D eigenvalue weighted by atomic mass is 10.1. The maximum Gasteiger partial charge on any atom is 0.408 e. The summed E-state index contributed by atoms with van der Waals surface area (Å²) in [6, 6.07) is 17.2. The molecule has 0 spiro atoms. The molecule has 0 fully saturated rings. The van der Waals surface area contributed by atoms with E-state index >= 15 is 0 Å². The topological polar surface area (TPSA) is 135 Å². The van der Waals surface area contributed by atoms with Gasteiger partial charge in [-0.25, -0.2) is 9.59 Å². The van der Waals surface area contributed by atoms with Gasteiger partial charge in [0.2, 0.25) is 11.8 Å². The lowest BCUT2D eigenvalue weighted by Gasteiger charge is -2.14. The van der Waals surface area contributed by atoms with Gasteiger partial charge in [0.1, 0.15) is 25.3 Å². The van der Waals surface area contributed by atoms with Crippen LogP contribution >= 0.6 is 0 Å². The summed E-state index contributed by atoms with van der Waals surface area (Å²) in [5.74, 6) is -0.526. The monoisotopic (exact) mass is 540 g/mol. The van der Waals surface area contributed by atoms with Crippen molar-refractivity contribution in [3.8, 4) is 0 Å². The third kappa shape index (κ3) is 13.9. The summed E-state index contributed by atoms with van der Waals surface area (Å²) < 4.78 is 10.3. The van der Waals surface area contributed by atoms with Crippen LogP contribution in [0.3, 0.4) is 0 Å². The Morgan fingerprint density at radius 3 is 1.33 bits per heavy atom. The van der Waals surface area contributed by atoms with Crippen LogP contribution in [0.2, 0.25) is 0 Å². The Bertz CT molecular complexity index is 937. The number of benzene rings is 2. The fraction of sp³-hybridized carbons (Fsp3) is 0.448. The Balaban J connectivity index is 1.43. The van der Waals surface area contributed by atoms with Gasteiger partial charge >= 0.3 is 12.2 Å². The number of carbonyl (C=O) groups is 4. The molecule has 0 unspecified atom stereocenters. The van der Waals surface area contributed by atoms with Crippen LogP contribution in [0.4, 0.5) is 9.59 Å². The van der Waals surface area contributed by atoms with E-state index < -0.39 is 24.3 Å². The van der Waals surface area contributed by atoms with Crippen molar-refractivity contribution in [3.63, 3.8) is 0 Å². The highest BCUT2D eigenvalue weighted by atomic mass is 16.6. The van der Waals surface area contributed by atoms with E-state index in [0.29, 0.717) is 13.1 Å². The molecule has 0 aliphatic rings. The molecule has 2 rings (SSSR count). The average Bonchev–Trinajstić information content (AvgIpc) is 2.94. The van der Waals surface area contributed by atoms with Gasteiger partial charge in [-0.3, -0.25) is 9.59 Å². The highest BCUT2D eigenvalue weighted by molar-refractivity contribution is 5.85. The number of unbranched alkanes of at least 4 members (excludes halogenated alkanes) is 4. The SMILES string of the molecule is C[C@H](NC(=O)OCc1ccccc1)C(=O)NCCCCCCCNC(=O)[C@H](C)NC(=O)OCc1ccccc1. The van der Waals surface area contributed by atoms with Gasteiger partial charge in [0.25, 0.3) is 0 Å². The fourth-order valence-corrected chi connectivity index (χ4v) is 3.52. The minimum absolute atomic E-state index is 0.143. The molecule has 2 aromatic carbocycles. The minimum atomic E-state index is -0.695. The molecule has 0 heterocycles. The summed E-state index contributed by atoms with van der Waals surface area (Å²) >= 11 is 0. The highest BCUT2D eigenvalue weighted by Gasteiger charge is 2.17. The van der Waals surface area contributed by atoms with Crippen molar-refractivity contribution in [2.75, 3.05) is 13.1 Å². The van der Waals surface area contributed by atoms with E-state index in [1.54, 1.807) is 13.8 Å². The van der Waals surface area contributed by atoms with Crippen molar-refractivity contribution < 1.29 is 28.7 Å². The number of amides is 4. The van der Waals surface area contributed by atoms with Gasteiger partial charge in [-0.15, -0.1) is 0 Å². The Morgan fingerprint density at radius 1 is 0.590 bits per heavy atom. The first kappa shape index (κ1) is 31.1. The second kappa shape index (κ2) is 18.2. The van der Waals surface area contributed by atoms with Gasteiger partial charge in [-0.2, -0.15) is 0 Å². The van der Waals surface area contributed by atoms with E-state index in [1.165, 1.54) is 0 Å². The third-order valence-electron chi connectivity index (χ3n) is 5.83. The molecular weight excluding hydrogens is 500 g/mol. The molecule has 39 heavy (non-hydrogen) atoms. The zero-order chi connectivity index (χ0) is 28.3. The van der Waals surface area contributed by atoms with Crippen LogP contribution in [0, 0.1) is 0 Å². The van der Waals surface area contributed by atoms with Crippen molar-refractivity contribution in [2.24, 2.45) is 0 Å². The molecule has 0 bridgehead atoms. The number of nitrogens with one attached hydrogen (secondary N) is 4. The number of alkyl carbamates (subject to hydrolysis) is 2. The Kier molecular flexibility index (Phi) is 14.5. The number of rotatable bonds is 16. The van der Waals surface area contributed by atoms with Gasteiger partial charge in [0, 0.05) is 13.1 Å². The van der Waals surface area contributed by atoms with E-state index in [1.807, 2.05) is 60.7 Å². The number of hydrogen-bond acceptors (Lipinski definition) is 6. The normalized spacial score (nSPS) is 11.9. The van der Waals surface area contributed by atoms with Crippen molar-refractivity contribution >= 4 is 24.0 Å². The summed E-state index contributed by atoms with van der Waals surface area (Å²) in [7, 11) is 0. The molecule has 10 heteroatoms. The predicted molar refractivity (Wildman–Crippen MR) is 148 cm³/mol. The van der Waals surface area contributed by atoms with Crippen LogP contribution in [-0.2, 0) is 32.3 Å². The Morgan fingerprint density at radius 2 is 0.949 bits per heavy atom. The Labute approximate surface area is 230 Å². The van der Waals surface area contributed by atoms with Crippen LogP contribution in [0.25, 0.3) is 0 Å². The third-order valence-corrected chi connectivity index (χ3v) is 5.83. The molecule has 0 aliphatic carbocycles. The van der Waals surface area contributed by atoms with Crippen LogP contribution in [0.1, 0.15) is 57.1 Å². The maximum atomic E-state index is 12.2. The minimum Gasteiger partial charge on any atom is -0.445 e. The smallest absolute Gasteiger partial charge is 0.408 e. The summed E-state index contributed by atoms with van der Waals surface area (Å²) in [5, 5.41) is 10.7. The van der Waals surface area contributed by atoms with Crippen LogP contribution in [-0.4, -0.2) is 49.2 Å². The molecule has 2 atom stereocenters. The first-order chi connectivity index (χ1) is 18.8. The van der Waals surface area contributed by atoms with Crippen LogP contribution < -0.4 is 21.3 Å². The molecule has 0 saturated carbocycles. The predicted octanol–water partition coefficient (Wildman–Crippen LogP) is 3.80. The zero-order valence-electron chi connectivity index (χ0n) is 22.7. The maximum absolute atomic E-state index is 12.2. The zero-order valence-corrected chi connectivity index (χ0v) is 22.7. The van der Waals surface area contributed by atoms with E-state index in [2.05, 4.69) is 21.3 Å². The number of carbonyl (C=O) groups excluding carboxylic acids is 4. The average molecular weight is 541 g/mol. The second-order valence-electron chi connectivity index (χ2n) is 9.21. The van der Waals surface area contributed by atoms with Crippen molar-refractivity contribution in [3.05, 3.63) is 71.8 Å². The van der Waals surface area contributed by atoms with Gasteiger partial charge in [0.05, 0.1) is 0 Å². The van der Waals surface area contributed by atoms with Gasteiger partial charge in [-0.05, 0) is 37.8 Å². The lowest BCUT2D eigenvalue weighted by molar-refractivity contribution is -0.123. The molecule has 0 saturated heterocycles. The quantitative estimate of drug-likeness (QED) is 0.239. The lowest BCUT2D eigenvalue weighted by Crippen LogP contribution is -2.45. The van der Waals surface area contributed by atoms with E-state index in [-0.39, 0.29) is 25.0 Å². The molecule has 4 N–H and O–H groups in total. The summed E-state index contributed by atoms with van der Waals surface area (Å²) in [6.07, 6.45) is 3.18. The van der Waals surface area contributed by atoms with Gasteiger partial charge < -0.3 is 30.7 Å². The van der Waals surface area contributed by atoms with E-state index in [4.69, 9.17) is 9.47 Å². The summed E-state index contributed by atoms with van der Waals surface area (Å²) in [4.78, 5) is 48.1. The molecular formula is C29H40N4O6. The van der Waals surface area contributed by atoms with Crippen molar-refractivity contribution in [2.45, 2.75) is 71.2 Å².